The molecule has 1 amide bonds. The Morgan fingerprint density at radius 3 is 2.50 bits per heavy atom. The van der Waals surface area contributed by atoms with Gasteiger partial charge in [0.15, 0.2) is 0 Å². The van der Waals surface area contributed by atoms with Crippen molar-refractivity contribution in [1.29, 1.82) is 0 Å². The minimum atomic E-state index is -0.725. The number of likely N-dealkylation sites (tertiary alicyclic amines) is 1. The summed E-state index contributed by atoms with van der Waals surface area (Å²) in [6.45, 7) is 5.83. The first-order valence-corrected chi connectivity index (χ1v) is 7.45. The average Bonchev–Trinajstić information content (AvgIpc) is 2.84. The molecular weight excluding hydrogens is 258 g/mol. The molecule has 0 saturated carbocycles. The maximum atomic E-state index is 12.2. The summed E-state index contributed by atoms with van der Waals surface area (Å²) in [4.78, 5) is 29.1. The fourth-order valence-corrected chi connectivity index (χ4v) is 2.97. The molecule has 0 aliphatic carbocycles. The molecular formula is C14H25N3O3. The fourth-order valence-electron chi connectivity index (χ4n) is 2.97. The van der Waals surface area contributed by atoms with Gasteiger partial charge in [-0.1, -0.05) is 0 Å². The molecule has 114 valence electrons. The van der Waals surface area contributed by atoms with Gasteiger partial charge in [0.05, 0.1) is 6.54 Å². The van der Waals surface area contributed by atoms with E-state index < -0.39 is 5.97 Å². The minimum Gasteiger partial charge on any atom is -0.481 e. The van der Waals surface area contributed by atoms with E-state index in [0.29, 0.717) is 12.5 Å². The Kier molecular flexibility index (Phi) is 5.37. The van der Waals surface area contributed by atoms with Gasteiger partial charge in [0.25, 0.3) is 0 Å². The van der Waals surface area contributed by atoms with Crippen molar-refractivity contribution in [3.8, 4) is 0 Å². The summed E-state index contributed by atoms with van der Waals surface area (Å²) in [7, 11) is 2.08. The highest BCUT2D eigenvalue weighted by molar-refractivity contribution is 5.78. The number of carboxylic acids is 1. The zero-order valence-electron chi connectivity index (χ0n) is 12.3. The Labute approximate surface area is 120 Å². The largest absolute Gasteiger partial charge is 0.481 e. The van der Waals surface area contributed by atoms with E-state index in [1.807, 2.05) is 4.90 Å². The Hall–Kier alpha value is -1.14. The summed E-state index contributed by atoms with van der Waals surface area (Å²) in [5.41, 5.74) is 0. The highest BCUT2D eigenvalue weighted by Gasteiger charge is 2.27. The number of aliphatic carboxylic acids is 1. The molecule has 0 aromatic heterocycles. The molecule has 2 aliphatic heterocycles. The first-order chi connectivity index (χ1) is 9.54. The van der Waals surface area contributed by atoms with Crippen molar-refractivity contribution >= 4 is 11.9 Å². The molecule has 0 radical (unpaired) electrons. The van der Waals surface area contributed by atoms with E-state index in [1.165, 1.54) is 0 Å². The topological polar surface area (TPSA) is 64.1 Å². The van der Waals surface area contributed by atoms with Crippen LogP contribution in [0, 0.1) is 5.92 Å². The highest BCUT2D eigenvalue weighted by Crippen LogP contribution is 2.20. The Morgan fingerprint density at radius 1 is 1.15 bits per heavy atom. The number of piperazine rings is 1. The van der Waals surface area contributed by atoms with Gasteiger partial charge in [-0.25, -0.2) is 0 Å². The molecule has 2 fully saturated rings. The molecule has 6 heteroatoms. The molecule has 0 aromatic rings. The Bertz CT molecular complexity index is 354. The van der Waals surface area contributed by atoms with Crippen LogP contribution in [0.1, 0.15) is 19.3 Å². The lowest BCUT2D eigenvalue weighted by molar-refractivity contribution is -0.137. The van der Waals surface area contributed by atoms with E-state index in [-0.39, 0.29) is 12.3 Å². The van der Waals surface area contributed by atoms with E-state index in [9.17, 15) is 9.59 Å². The van der Waals surface area contributed by atoms with E-state index in [4.69, 9.17) is 5.11 Å². The second kappa shape index (κ2) is 7.04. The van der Waals surface area contributed by atoms with Crippen molar-refractivity contribution in [1.82, 2.24) is 14.7 Å². The molecule has 0 aromatic carbocycles. The van der Waals surface area contributed by atoms with Crippen LogP contribution < -0.4 is 0 Å². The van der Waals surface area contributed by atoms with E-state index >= 15 is 0 Å². The summed E-state index contributed by atoms with van der Waals surface area (Å²) >= 11 is 0. The Balaban J connectivity index is 1.69. The van der Waals surface area contributed by atoms with Crippen molar-refractivity contribution in [2.45, 2.75) is 19.3 Å². The van der Waals surface area contributed by atoms with Crippen molar-refractivity contribution in [2.24, 2.45) is 5.92 Å². The maximum Gasteiger partial charge on any atom is 0.303 e. The van der Waals surface area contributed by atoms with Crippen LogP contribution in [-0.4, -0.2) is 84.5 Å². The number of carboxylic acid groups (broad SMARTS) is 1. The summed E-state index contributed by atoms with van der Waals surface area (Å²) in [5.74, 6) is -0.0691. The van der Waals surface area contributed by atoms with E-state index in [1.54, 1.807) is 0 Å². The van der Waals surface area contributed by atoms with Crippen molar-refractivity contribution in [3.63, 3.8) is 0 Å². The summed E-state index contributed by atoms with van der Waals surface area (Å²) in [6.07, 6.45) is 1.99. The van der Waals surface area contributed by atoms with Crippen LogP contribution in [0.2, 0.25) is 0 Å². The van der Waals surface area contributed by atoms with Crippen LogP contribution in [0.4, 0.5) is 0 Å². The van der Waals surface area contributed by atoms with Crippen LogP contribution >= 0.6 is 0 Å². The monoisotopic (exact) mass is 283 g/mol. The van der Waals surface area contributed by atoms with Gasteiger partial charge in [-0.15, -0.1) is 0 Å². The van der Waals surface area contributed by atoms with Crippen LogP contribution in [0.15, 0.2) is 0 Å². The zero-order valence-corrected chi connectivity index (χ0v) is 12.3. The number of rotatable bonds is 5. The number of carbonyl (C=O) groups excluding carboxylic acids is 1. The third-order valence-corrected chi connectivity index (χ3v) is 4.35. The number of carbonyl (C=O) groups is 2. The van der Waals surface area contributed by atoms with Crippen LogP contribution in [-0.2, 0) is 9.59 Å². The van der Waals surface area contributed by atoms with Gasteiger partial charge in [0, 0.05) is 39.1 Å². The van der Waals surface area contributed by atoms with Gasteiger partial charge in [0.1, 0.15) is 0 Å². The lowest BCUT2D eigenvalue weighted by Gasteiger charge is -2.33. The molecule has 20 heavy (non-hydrogen) atoms. The third kappa shape index (κ3) is 4.45. The second-order valence-corrected chi connectivity index (χ2v) is 6.01. The lowest BCUT2D eigenvalue weighted by Crippen LogP contribution is -2.49. The van der Waals surface area contributed by atoms with E-state index in [0.717, 1.165) is 52.1 Å². The Morgan fingerprint density at radius 2 is 1.85 bits per heavy atom. The first-order valence-electron chi connectivity index (χ1n) is 7.45. The van der Waals surface area contributed by atoms with E-state index in [2.05, 4.69) is 16.8 Å². The lowest BCUT2D eigenvalue weighted by atomic mass is 10.0. The maximum absolute atomic E-state index is 12.2. The van der Waals surface area contributed by atoms with Gasteiger partial charge in [-0.3, -0.25) is 14.5 Å². The van der Waals surface area contributed by atoms with Crippen LogP contribution in [0.25, 0.3) is 0 Å². The zero-order chi connectivity index (χ0) is 14.5. The molecule has 0 bridgehead atoms. The van der Waals surface area contributed by atoms with Gasteiger partial charge >= 0.3 is 5.97 Å². The number of hydrogen-bond donors (Lipinski definition) is 1. The third-order valence-electron chi connectivity index (χ3n) is 4.35. The minimum absolute atomic E-state index is 0.219. The van der Waals surface area contributed by atoms with Crippen molar-refractivity contribution < 1.29 is 14.7 Å². The second-order valence-electron chi connectivity index (χ2n) is 6.01. The number of likely N-dealkylation sites (N-methyl/N-ethyl adjacent to an activating group) is 1. The predicted molar refractivity (Wildman–Crippen MR) is 75.5 cm³/mol. The highest BCUT2D eigenvalue weighted by atomic mass is 16.4. The summed E-state index contributed by atoms with van der Waals surface area (Å²) in [6, 6.07) is 0. The van der Waals surface area contributed by atoms with Crippen molar-refractivity contribution in [3.05, 3.63) is 0 Å². The molecule has 2 saturated heterocycles. The molecule has 2 rings (SSSR count). The van der Waals surface area contributed by atoms with Gasteiger partial charge < -0.3 is 14.9 Å². The molecule has 1 unspecified atom stereocenters. The van der Waals surface area contributed by atoms with Crippen molar-refractivity contribution in [2.75, 3.05) is 52.9 Å². The number of amides is 1. The van der Waals surface area contributed by atoms with Gasteiger partial charge in [-0.05, 0) is 32.4 Å². The molecule has 0 spiro atoms. The number of hydrogen-bond acceptors (Lipinski definition) is 4. The molecule has 1 N–H and O–H groups in total. The average molecular weight is 283 g/mol. The summed E-state index contributed by atoms with van der Waals surface area (Å²) in [5, 5.41) is 8.70. The van der Waals surface area contributed by atoms with Crippen LogP contribution in [0.5, 0.6) is 0 Å². The standard InChI is InChI=1S/C14H25N3O3/c1-15-6-8-17(9-7-15)13(18)11-16-5-4-12(10-16)2-3-14(19)20/h12H,2-11H2,1H3,(H,19,20). The molecule has 2 heterocycles. The first kappa shape index (κ1) is 15.3. The molecule has 6 nitrogen and oxygen atoms in total. The van der Waals surface area contributed by atoms with Crippen LogP contribution in [0.3, 0.4) is 0 Å². The molecule has 1 atom stereocenters. The van der Waals surface area contributed by atoms with Gasteiger partial charge in [-0.2, -0.15) is 0 Å². The number of nitrogens with zero attached hydrogens (tertiary/aromatic N) is 3. The SMILES string of the molecule is CN1CCN(C(=O)CN2CCC(CCC(=O)O)C2)CC1. The smallest absolute Gasteiger partial charge is 0.303 e. The normalized spacial score (nSPS) is 25.1. The predicted octanol–water partition coefficient (Wildman–Crippen LogP) is -0.0529. The summed E-state index contributed by atoms with van der Waals surface area (Å²) < 4.78 is 0. The molecule has 2 aliphatic rings. The van der Waals surface area contributed by atoms with Gasteiger partial charge in [0.2, 0.25) is 5.91 Å². The fraction of sp³-hybridized carbons (Fsp3) is 0.857. The quantitative estimate of drug-likeness (QED) is 0.766.